The highest BCUT2D eigenvalue weighted by Crippen LogP contribution is 2.38. The van der Waals surface area contributed by atoms with E-state index in [4.69, 9.17) is 18.5 Å². The molecule has 348 valence electrons. The van der Waals surface area contributed by atoms with Crippen molar-refractivity contribution in [2.45, 2.75) is 232 Å². The number of hydrogen-bond acceptors (Lipinski definition) is 8. The zero-order chi connectivity index (χ0) is 43.6. The van der Waals surface area contributed by atoms with Gasteiger partial charge in [0, 0.05) is 12.8 Å². The lowest BCUT2D eigenvalue weighted by Crippen LogP contribution is -2.37. The second-order valence-corrected chi connectivity index (χ2v) is 19.3. The molecule has 0 saturated carbocycles. The molecule has 0 amide bonds. The van der Waals surface area contributed by atoms with E-state index < -0.39 is 26.5 Å². The summed E-state index contributed by atoms with van der Waals surface area (Å²) in [5, 5.41) is 0. The predicted molar refractivity (Wildman–Crippen MR) is 245 cm³/mol. The number of phosphoric ester groups is 1. The van der Waals surface area contributed by atoms with E-state index >= 15 is 0 Å². The Morgan fingerprint density at radius 3 is 1.32 bits per heavy atom. The molecule has 0 radical (unpaired) electrons. The normalized spacial score (nSPS) is 13.7. The van der Waals surface area contributed by atoms with Crippen LogP contribution in [0, 0.1) is 0 Å². The Morgan fingerprint density at radius 2 is 0.898 bits per heavy atom. The molecule has 0 spiro atoms. The zero-order valence-corrected chi connectivity index (χ0v) is 40.1. The third kappa shape index (κ3) is 45.8. The maximum atomic E-state index is 12.7. The Bertz CT molecular complexity index is 1060. The molecule has 59 heavy (non-hydrogen) atoms. The molecule has 0 aromatic carbocycles. The first-order valence-corrected chi connectivity index (χ1v) is 26.0. The van der Waals surface area contributed by atoms with Crippen LogP contribution >= 0.6 is 7.82 Å². The van der Waals surface area contributed by atoms with Crippen LogP contribution in [0.3, 0.4) is 0 Å². The van der Waals surface area contributed by atoms with Crippen LogP contribution in [0.4, 0.5) is 0 Å². The van der Waals surface area contributed by atoms with Crippen molar-refractivity contribution in [3.63, 3.8) is 0 Å². The molecule has 0 aromatic heterocycles. The summed E-state index contributed by atoms with van der Waals surface area (Å²) in [6.07, 6.45) is 46.3. The first-order valence-electron chi connectivity index (χ1n) is 24.6. The lowest BCUT2D eigenvalue weighted by atomic mass is 10.0. The molecular formula is C49H94NO8P. The van der Waals surface area contributed by atoms with Crippen LogP contribution < -0.4 is 4.89 Å². The predicted octanol–water partition coefficient (Wildman–Crippen LogP) is 13.7. The van der Waals surface area contributed by atoms with Gasteiger partial charge >= 0.3 is 11.9 Å². The maximum absolute atomic E-state index is 12.7. The number of quaternary nitrogens is 1. The number of esters is 2. The minimum atomic E-state index is -4.63. The van der Waals surface area contributed by atoms with Crippen molar-refractivity contribution >= 4 is 19.8 Å². The summed E-state index contributed by atoms with van der Waals surface area (Å²) in [5.41, 5.74) is 0. The average Bonchev–Trinajstić information content (AvgIpc) is 3.19. The number of likely N-dealkylation sites (N-methyl/N-ethyl adjacent to an activating group) is 1. The van der Waals surface area contributed by atoms with Crippen molar-refractivity contribution in [1.82, 2.24) is 0 Å². The van der Waals surface area contributed by atoms with Crippen LogP contribution in [0.2, 0.25) is 0 Å². The average molecular weight is 856 g/mol. The molecule has 9 nitrogen and oxygen atoms in total. The molecule has 1 unspecified atom stereocenters. The lowest BCUT2D eigenvalue weighted by molar-refractivity contribution is -0.870. The number of rotatable bonds is 45. The Balaban J connectivity index is 4.25. The number of ether oxygens (including phenoxy) is 2. The van der Waals surface area contributed by atoms with Crippen molar-refractivity contribution in [1.29, 1.82) is 0 Å². The number of nitrogens with zero attached hydrogens (tertiary/aromatic N) is 1. The van der Waals surface area contributed by atoms with E-state index in [1.807, 2.05) is 21.1 Å². The van der Waals surface area contributed by atoms with Crippen LogP contribution in [-0.4, -0.2) is 70.0 Å². The third-order valence-corrected chi connectivity index (χ3v) is 11.7. The molecule has 0 fully saturated rings. The fourth-order valence-corrected chi connectivity index (χ4v) is 7.61. The molecule has 0 heterocycles. The molecule has 0 aliphatic heterocycles. The van der Waals surface area contributed by atoms with Gasteiger partial charge in [0.1, 0.15) is 19.8 Å². The molecular weight excluding hydrogens is 762 g/mol. The summed E-state index contributed by atoms with van der Waals surface area (Å²) in [4.78, 5) is 37.6. The first-order chi connectivity index (χ1) is 28.5. The summed E-state index contributed by atoms with van der Waals surface area (Å²) in [5.74, 6) is -0.842. The van der Waals surface area contributed by atoms with Crippen LogP contribution in [0.1, 0.15) is 226 Å². The van der Waals surface area contributed by atoms with Gasteiger partial charge in [-0.1, -0.05) is 199 Å². The highest BCUT2D eigenvalue weighted by atomic mass is 31.2. The summed E-state index contributed by atoms with van der Waals surface area (Å²) in [6, 6.07) is 0. The minimum Gasteiger partial charge on any atom is -0.756 e. The van der Waals surface area contributed by atoms with Crippen molar-refractivity contribution in [2.75, 3.05) is 47.5 Å². The van der Waals surface area contributed by atoms with E-state index in [2.05, 4.69) is 38.2 Å². The molecule has 0 N–H and O–H groups in total. The number of carbonyl (C=O) groups excluding carboxylic acids is 2. The fourth-order valence-electron chi connectivity index (χ4n) is 6.88. The standard InChI is InChI=1S/C49H94NO8P/c1-6-8-10-12-14-16-18-20-22-23-24-25-26-28-29-31-33-35-37-39-41-48(51)55-45-47(46-57-59(53,54)56-44-43-50(3,4)5)58-49(52)42-40-38-36-34-32-30-27-21-19-17-15-13-11-9-7-2/h17,19,21,27,47H,6-16,18,20,22-26,28-46H2,1-5H3/b19-17+,27-21+/t47-/m1/s1. The van der Waals surface area contributed by atoms with Crippen LogP contribution in [0.25, 0.3) is 0 Å². The lowest BCUT2D eigenvalue weighted by Gasteiger charge is -2.28. The minimum absolute atomic E-state index is 0.0320. The second-order valence-electron chi connectivity index (χ2n) is 17.9. The van der Waals surface area contributed by atoms with Gasteiger partial charge in [0.15, 0.2) is 6.10 Å². The summed E-state index contributed by atoms with van der Waals surface area (Å²) in [7, 11) is 1.16. The Labute approximate surface area is 364 Å². The number of phosphoric acid groups is 1. The van der Waals surface area contributed by atoms with E-state index in [0.29, 0.717) is 17.4 Å². The van der Waals surface area contributed by atoms with Gasteiger partial charge in [-0.15, -0.1) is 0 Å². The number of hydrogen-bond donors (Lipinski definition) is 0. The van der Waals surface area contributed by atoms with E-state index in [9.17, 15) is 19.0 Å². The third-order valence-electron chi connectivity index (χ3n) is 10.8. The molecule has 2 atom stereocenters. The van der Waals surface area contributed by atoms with Gasteiger partial charge in [-0.05, 0) is 38.5 Å². The molecule has 0 aromatic rings. The smallest absolute Gasteiger partial charge is 0.306 e. The maximum Gasteiger partial charge on any atom is 0.306 e. The van der Waals surface area contributed by atoms with Crippen molar-refractivity contribution in [2.24, 2.45) is 0 Å². The van der Waals surface area contributed by atoms with E-state index in [1.54, 1.807) is 0 Å². The van der Waals surface area contributed by atoms with Gasteiger partial charge in [0.05, 0.1) is 27.7 Å². The van der Waals surface area contributed by atoms with Crippen LogP contribution in [-0.2, 0) is 32.7 Å². The van der Waals surface area contributed by atoms with Gasteiger partial charge < -0.3 is 27.9 Å². The Kier molecular flexibility index (Phi) is 40.8. The molecule has 0 aliphatic rings. The molecule has 0 rings (SSSR count). The largest absolute Gasteiger partial charge is 0.756 e. The van der Waals surface area contributed by atoms with Crippen LogP contribution in [0.5, 0.6) is 0 Å². The quantitative estimate of drug-likeness (QED) is 0.0196. The second kappa shape index (κ2) is 41.8. The molecule has 0 bridgehead atoms. The first kappa shape index (κ1) is 57.5. The topological polar surface area (TPSA) is 111 Å². The SMILES string of the molecule is CCCCCC/C=C/C=C/CCCCCCCC(=O)O[C@H](COC(=O)CCCCCCCCCCCCCCCCCCCCCC)COP(=O)([O-])OCC[N+](C)(C)C. The zero-order valence-electron chi connectivity index (χ0n) is 39.2. The monoisotopic (exact) mass is 856 g/mol. The Morgan fingerprint density at radius 1 is 0.525 bits per heavy atom. The molecule has 0 saturated heterocycles. The Hall–Kier alpha value is -1.51. The van der Waals surface area contributed by atoms with Gasteiger partial charge in [0.2, 0.25) is 0 Å². The number of carbonyl (C=O) groups is 2. The van der Waals surface area contributed by atoms with Gasteiger partial charge in [-0.3, -0.25) is 14.2 Å². The summed E-state index contributed by atoms with van der Waals surface area (Å²) >= 11 is 0. The van der Waals surface area contributed by atoms with Crippen molar-refractivity contribution in [3.05, 3.63) is 24.3 Å². The number of allylic oxidation sites excluding steroid dienone is 4. The molecule has 0 aliphatic carbocycles. The molecule has 10 heteroatoms. The fraction of sp³-hybridized carbons (Fsp3) is 0.878. The van der Waals surface area contributed by atoms with E-state index in [1.165, 1.54) is 135 Å². The number of unbranched alkanes of at least 4 members (excludes halogenated alkanes) is 28. The van der Waals surface area contributed by atoms with Gasteiger partial charge in [-0.25, -0.2) is 0 Å². The van der Waals surface area contributed by atoms with Crippen molar-refractivity contribution < 1.29 is 42.1 Å². The van der Waals surface area contributed by atoms with E-state index in [0.717, 1.165) is 57.8 Å². The van der Waals surface area contributed by atoms with Gasteiger partial charge in [0.25, 0.3) is 7.82 Å². The van der Waals surface area contributed by atoms with Gasteiger partial charge in [-0.2, -0.15) is 0 Å². The van der Waals surface area contributed by atoms with Crippen LogP contribution in [0.15, 0.2) is 24.3 Å². The highest BCUT2D eigenvalue weighted by Gasteiger charge is 2.21. The highest BCUT2D eigenvalue weighted by molar-refractivity contribution is 7.45. The van der Waals surface area contributed by atoms with E-state index in [-0.39, 0.29) is 32.0 Å². The summed E-state index contributed by atoms with van der Waals surface area (Å²) < 4.78 is 34.0. The summed E-state index contributed by atoms with van der Waals surface area (Å²) in [6.45, 7) is 4.22. The van der Waals surface area contributed by atoms with Crippen molar-refractivity contribution in [3.8, 4) is 0 Å².